The monoisotopic (exact) mass is 312 g/mol. The fraction of sp³-hybridized carbons (Fsp3) is 0.167. The van der Waals surface area contributed by atoms with Gasteiger partial charge in [0.15, 0.2) is 0 Å². The summed E-state index contributed by atoms with van der Waals surface area (Å²) in [5, 5.41) is 2.86. The lowest BCUT2D eigenvalue weighted by atomic mass is 10.1. The van der Waals surface area contributed by atoms with E-state index in [1.807, 2.05) is 41.2 Å². The average Bonchev–Trinajstić information content (AvgIpc) is 3.25. The molecule has 0 aliphatic heterocycles. The zero-order valence-corrected chi connectivity index (χ0v) is 12.5. The molecule has 0 aliphatic rings. The van der Waals surface area contributed by atoms with E-state index in [9.17, 15) is 9.18 Å². The Bertz CT molecular complexity index is 700. The first-order chi connectivity index (χ1) is 11.2. The third-order valence-corrected chi connectivity index (χ3v) is 3.64. The van der Waals surface area contributed by atoms with E-state index in [2.05, 4.69) is 5.32 Å². The van der Waals surface area contributed by atoms with Crippen molar-refractivity contribution in [3.8, 4) is 0 Å². The minimum absolute atomic E-state index is 0.0931. The van der Waals surface area contributed by atoms with E-state index in [0.717, 1.165) is 11.3 Å². The van der Waals surface area contributed by atoms with Crippen LogP contribution in [0.4, 0.5) is 4.39 Å². The summed E-state index contributed by atoms with van der Waals surface area (Å²) in [5.74, 6) is 0.355. The Balaban J connectivity index is 1.63. The van der Waals surface area contributed by atoms with Gasteiger partial charge in [-0.15, -0.1) is 0 Å². The number of halogens is 1. The molecule has 118 valence electrons. The summed E-state index contributed by atoms with van der Waals surface area (Å²) in [6.07, 6.45) is 5.67. The van der Waals surface area contributed by atoms with Crippen LogP contribution in [0, 0.1) is 5.82 Å². The molecular formula is C18H17FN2O2. The number of nitrogens with zero attached hydrogens (tertiary/aromatic N) is 1. The van der Waals surface area contributed by atoms with Crippen LogP contribution in [-0.2, 0) is 11.3 Å². The van der Waals surface area contributed by atoms with Crippen LogP contribution >= 0.6 is 0 Å². The van der Waals surface area contributed by atoms with E-state index < -0.39 is 0 Å². The Kier molecular flexibility index (Phi) is 4.57. The van der Waals surface area contributed by atoms with Gasteiger partial charge in [-0.25, -0.2) is 4.39 Å². The number of amides is 1. The molecule has 3 rings (SSSR count). The number of rotatable bonds is 6. The topological polar surface area (TPSA) is 47.2 Å². The summed E-state index contributed by atoms with van der Waals surface area (Å²) in [6, 6.07) is 13.4. The molecule has 1 N–H and O–H groups in total. The maximum atomic E-state index is 12.9. The zero-order chi connectivity index (χ0) is 16.1. The molecule has 0 unspecified atom stereocenters. The molecule has 0 spiro atoms. The number of aromatic nitrogens is 1. The third-order valence-electron chi connectivity index (χ3n) is 3.64. The van der Waals surface area contributed by atoms with Gasteiger partial charge in [-0.2, -0.15) is 0 Å². The van der Waals surface area contributed by atoms with Gasteiger partial charge in [-0.05, 0) is 42.0 Å². The number of furan rings is 1. The molecule has 0 radical (unpaired) electrons. The van der Waals surface area contributed by atoms with Crippen LogP contribution < -0.4 is 5.32 Å². The molecule has 1 amide bonds. The Hall–Kier alpha value is -2.82. The lowest BCUT2D eigenvalue weighted by Crippen LogP contribution is -2.26. The number of carbonyl (C=O) groups is 1. The van der Waals surface area contributed by atoms with Gasteiger partial charge in [0.2, 0.25) is 5.91 Å². The standard InChI is InChI=1S/C18H17FN2O2/c19-15-7-5-14(6-8-15)13-20-18(22)12-16(17-4-3-11-23-17)21-9-1-2-10-21/h1-11,16H,12-13H2,(H,20,22)/t16-/m1/s1. The van der Waals surface area contributed by atoms with E-state index in [0.29, 0.717) is 6.54 Å². The van der Waals surface area contributed by atoms with Crippen molar-refractivity contribution < 1.29 is 13.6 Å². The molecule has 0 saturated carbocycles. The predicted octanol–water partition coefficient (Wildman–Crippen LogP) is 3.52. The highest BCUT2D eigenvalue weighted by molar-refractivity contribution is 5.76. The maximum Gasteiger partial charge on any atom is 0.222 e. The normalized spacial score (nSPS) is 12.0. The lowest BCUT2D eigenvalue weighted by molar-refractivity contribution is -0.121. The van der Waals surface area contributed by atoms with Crippen LogP contribution in [0.15, 0.2) is 71.6 Å². The van der Waals surface area contributed by atoms with Crippen molar-refractivity contribution in [1.29, 1.82) is 0 Å². The Morgan fingerprint density at radius 2 is 1.87 bits per heavy atom. The van der Waals surface area contributed by atoms with Crippen molar-refractivity contribution in [2.24, 2.45) is 0 Å². The summed E-state index contributed by atoms with van der Waals surface area (Å²) in [5.41, 5.74) is 0.857. The molecule has 23 heavy (non-hydrogen) atoms. The number of hydrogen-bond donors (Lipinski definition) is 1. The van der Waals surface area contributed by atoms with Gasteiger partial charge in [-0.3, -0.25) is 4.79 Å². The van der Waals surface area contributed by atoms with Crippen molar-refractivity contribution in [1.82, 2.24) is 9.88 Å². The quantitative estimate of drug-likeness (QED) is 0.757. The van der Waals surface area contributed by atoms with Crippen molar-refractivity contribution in [2.75, 3.05) is 0 Å². The second-order valence-electron chi connectivity index (χ2n) is 5.27. The molecule has 2 aromatic heterocycles. The molecule has 0 aliphatic carbocycles. The van der Waals surface area contributed by atoms with Crippen LogP contribution in [0.1, 0.15) is 23.8 Å². The van der Waals surface area contributed by atoms with Crippen LogP contribution in [-0.4, -0.2) is 10.5 Å². The van der Waals surface area contributed by atoms with Crippen LogP contribution in [0.2, 0.25) is 0 Å². The van der Waals surface area contributed by atoms with E-state index in [1.165, 1.54) is 12.1 Å². The third kappa shape index (κ3) is 3.88. The Morgan fingerprint density at radius 1 is 1.13 bits per heavy atom. The smallest absolute Gasteiger partial charge is 0.222 e. The van der Waals surface area contributed by atoms with E-state index in [-0.39, 0.29) is 24.2 Å². The van der Waals surface area contributed by atoms with Crippen LogP contribution in [0.25, 0.3) is 0 Å². The minimum atomic E-state index is -0.287. The molecule has 2 heterocycles. The van der Waals surface area contributed by atoms with Gasteiger partial charge in [0.05, 0.1) is 18.7 Å². The lowest BCUT2D eigenvalue weighted by Gasteiger charge is -2.16. The molecule has 0 fully saturated rings. The van der Waals surface area contributed by atoms with E-state index in [4.69, 9.17) is 4.42 Å². The summed E-state index contributed by atoms with van der Waals surface area (Å²) >= 11 is 0. The number of benzene rings is 1. The first-order valence-corrected chi connectivity index (χ1v) is 7.39. The average molecular weight is 312 g/mol. The number of hydrogen-bond acceptors (Lipinski definition) is 2. The van der Waals surface area contributed by atoms with Crippen molar-refractivity contribution in [3.05, 3.63) is 84.3 Å². The van der Waals surface area contributed by atoms with Gasteiger partial charge < -0.3 is 14.3 Å². The fourth-order valence-corrected chi connectivity index (χ4v) is 2.44. The van der Waals surface area contributed by atoms with E-state index in [1.54, 1.807) is 18.4 Å². The van der Waals surface area contributed by atoms with Crippen molar-refractivity contribution >= 4 is 5.91 Å². The highest BCUT2D eigenvalue weighted by atomic mass is 19.1. The molecule has 1 aromatic carbocycles. The fourth-order valence-electron chi connectivity index (χ4n) is 2.44. The molecule has 0 saturated heterocycles. The molecule has 3 aromatic rings. The van der Waals surface area contributed by atoms with Gasteiger partial charge in [0, 0.05) is 18.9 Å². The zero-order valence-electron chi connectivity index (χ0n) is 12.5. The van der Waals surface area contributed by atoms with Crippen molar-refractivity contribution in [2.45, 2.75) is 19.0 Å². The second kappa shape index (κ2) is 6.96. The Morgan fingerprint density at radius 3 is 2.52 bits per heavy atom. The maximum absolute atomic E-state index is 12.9. The van der Waals surface area contributed by atoms with Gasteiger partial charge in [0.1, 0.15) is 11.6 Å². The van der Waals surface area contributed by atoms with Crippen LogP contribution in [0.5, 0.6) is 0 Å². The van der Waals surface area contributed by atoms with Gasteiger partial charge in [-0.1, -0.05) is 12.1 Å². The molecule has 1 atom stereocenters. The molecule has 0 bridgehead atoms. The molecular weight excluding hydrogens is 295 g/mol. The second-order valence-corrected chi connectivity index (χ2v) is 5.27. The van der Waals surface area contributed by atoms with E-state index >= 15 is 0 Å². The number of carbonyl (C=O) groups excluding carboxylic acids is 1. The first-order valence-electron chi connectivity index (χ1n) is 7.39. The summed E-state index contributed by atoms with van der Waals surface area (Å²) in [4.78, 5) is 12.2. The predicted molar refractivity (Wildman–Crippen MR) is 84.1 cm³/mol. The SMILES string of the molecule is O=C(C[C@H](c1ccco1)n1cccc1)NCc1ccc(F)cc1. The highest BCUT2D eigenvalue weighted by Gasteiger charge is 2.19. The van der Waals surface area contributed by atoms with Crippen LogP contribution in [0.3, 0.4) is 0 Å². The minimum Gasteiger partial charge on any atom is -0.467 e. The summed E-state index contributed by atoms with van der Waals surface area (Å²) < 4.78 is 20.3. The Labute approximate surface area is 133 Å². The van der Waals surface area contributed by atoms with Crippen molar-refractivity contribution in [3.63, 3.8) is 0 Å². The number of nitrogens with one attached hydrogen (secondary N) is 1. The van der Waals surface area contributed by atoms with Gasteiger partial charge in [0.25, 0.3) is 0 Å². The highest BCUT2D eigenvalue weighted by Crippen LogP contribution is 2.22. The largest absolute Gasteiger partial charge is 0.467 e. The van der Waals surface area contributed by atoms with Gasteiger partial charge >= 0.3 is 0 Å². The summed E-state index contributed by atoms with van der Waals surface area (Å²) in [6.45, 7) is 0.371. The first kappa shape index (κ1) is 15.1. The summed E-state index contributed by atoms with van der Waals surface area (Å²) in [7, 11) is 0. The molecule has 4 nitrogen and oxygen atoms in total. The molecule has 5 heteroatoms.